The zero-order chi connectivity index (χ0) is 20.0. The summed E-state index contributed by atoms with van der Waals surface area (Å²) < 4.78 is 5.43. The highest BCUT2D eigenvalue weighted by Gasteiger charge is 2.46. The number of carbonyl (C=O) groups excluding carboxylic acids is 2. The Bertz CT molecular complexity index is 750. The number of carbonyl (C=O) groups is 2. The number of hydrogen-bond donors (Lipinski definition) is 2. The van der Waals surface area contributed by atoms with Crippen LogP contribution in [-0.4, -0.2) is 34.4 Å². The van der Waals surface area contributed by atoms with E-state index in [1.807, 2.05) is 30.3 Å². The van der Waals surface area contributed by atoms with Crippen molar-refractivity contribution in [2.45, 2.75) is 57.7 Å². The molecule has 0 bridgehead atoms. The number of hydrazone groups is 1. The number of nitrogens with zero attached hydrogens (tertiary/aromatic N) is 2. The fourth-order valence-corrected chi connectivity index (χ4v) is 3.37. The van der Waals surface area contributed by atoms with E-state index >= 15 is 0 Å². The van der Waals surface area contributed by atoms with Gasteiger partial charge >= 0.3 is 5.97 Å². The second kappa shape index (κ2) is 8.78. The maximum Gasteiger partial charge on any atom is 0.315 e. The molecule has 1 saturated carbocycles. The molecule has 0 heterocycles. The van der Waals surface area contributed by atoms with Crippen LogP contribution < -0.4 is 5.43 Å². The molecule has 3 atom stereocenters. The van der Waals surface area contributed by atoms with Crippen molar-refractivity contribution >= 4 is 17.6 Å². The lowest BCUT2D eigenvalue weighted by atomic mass is 9.68. The van der Waals surface area contributed by atoms with Crippen molar-refractivity contribution in [3.63, 3.8) is 0 Å². The van der Waals surface area contributed by atoms with Crippen LogP contribution in [0.1, 0.15) is 51.5 Å². The summed E-state index contributed by atoms with van der Waals surface area (Å²) in [6.07, 6.45) is -0.150. The van der Waals surface area contributed by atoms with Crippen LogP contribution in [0.5, 0.6) is 0 Å². The van der Waals surface area contributed by atoms with Gasteiger partial charge < -0.3 is 9.84 Å². The fourth-order valence-electron chi connectivity index (χ4n) is 3.37. The molecule has 0 aliphatic heterocycles. The molecule has 7 nitrogen and oxygen atoms in total. The maximum atomic E-state index is 12.8. The summed E-state index contributed by atoms with van der Waals surface area (Å²) in [5.74, 6) is -2.07. The Morgan fingerprint density at radius 3 is 2.67 bits per heavy atom. The molecule has 2 rings (SSSR count). The minimum absolute atomic E-state index is 0.126. The van der Waals surface area contributed by atoms with Crippen LogP contribution in [0.2, 0.25) is 0 Å². The van der Waals surface area contributed by atoms with E-state index in [0.717, 1.165) is 5.56 Å². The van der Waals surface area contributed by atoms with Crippen LogP contribution >= 0.6 is 0 Å². The molecule has 7 heteroatoms. The van der Waals surface area contributed by atoms with E-state index in [-0.39, 0.29) is 24.9 Å². The summed E-state index contributed by atoms with van der Waals surface area (Å²) in [5.41, 5.74) is 2.45. The monoisotopic (exact) mass is 371 g/mol. The first-order valence-corrected chi connectivity index (χ1v) is 8.93. The molecule has 1 aromatic rings. The third-order valence-electron chi connectivity index (χ3n) is 4.38. The molecule has 1 aliphatic rings. The molecule has 0 aromatic heterocycles. The highest BCUT2D eigenvalue weighted by Crippen LogP contribution is 2.41. The third kappa shape index (κ3) is 5.63. The Kier molecular flexibility index (Phi) is 6.70. The average Bonchev–Trinajstić information content (AvgIpc) is 2.59. The number of esters is 1. The lowest BCUT2D eigenvalue weighted by Crippen LogP contribution is -2.46. The first kappa shape index (κ1) is 20.6. The Labute approximate surface area is 159 Å². The van der Waals surface area contributed by atoms with E-state index < -0.39 is 23.4 Å². The number of nitrogens with one attached hydrogen (secondary N) is 1. The van der Waals surface area contributed by atoms with E-state index in [1.54, 1.807) is 26.8 Å². The molecule has 144 valence electrons. The number of hydrogen-bond acceptors (Lipinski definition) is 6. The first-order chi connectivity index (χ1) is 12.7. The van der Waals surface area contributed by atoms with Crippen LogP contribution in [0, 0.1) is 17.2 Å². The van der Waals surface area contributed by atoms with Gasteiger partial charge in [0, 0.05) is 12.3 Å². The van der Waals surface area contributed by atoms with Crippen LogP contribution in [0.15, 0.2) is 35.4 Å². The van der Waals surface area contributed by atoms with Gasteiger partial charge in [-0.2, -0.15) is 10.4 Å². The number of ether oxygens (including phenoxy) is 1. The summed E-state index contributed by atoms with van der Waals surface area (Å²) in [7, 11) is 0. The topological polar surface area (TPSA) is 112 Å². The van der Waals surface area contributed by atoms with Crippen molar-refractivity contribution < 1.29 is 19.4 Å². The van der Waals surface area contributed by atoms with E-state index in [9.17, 15) is 14.7 Å². The van der Waals surface area contributed by atoms with Gasteiger partial charge in [0.2, 0.25) is 0 Å². The maximum absolute atomic E-state index is 12.8. The van der Waals surface area contributed by atoms with Crippen molar-refractivity contribution in [3.05, 3.63) is 35.9 Å². The van der Waals surface area contributed by atoms with Gasteiger partial charge in [0.05, 0.1) is 23.5 Å². The Hall–Kier alpha value is -2.72. The smallest absolute Gasteiger partial charge is 0.315 e. The van der Waals surface area contributed by atoms with E-state index in [4.69, 9.17) is 10.00 Å². The predicted molar refractivity (Wildman–Crippen MR) is 99.6 cm³/mol. The molecule has 27 heavy (non-hydrogen) atoms. The summed E-state index contributed by atoms with van der Waals surface area (Å²) in [6, 6.07) is 11.2. The second-order valence-electron chi connectivity index (χ2n) is 7.33. The quantitative estimate of drug-likeness (QED) is 0.609. The molecule has 3 unspecified atom stereocenters. The third-order valence-corrected chi connectivity index (χ3v) is 4.38. The van der Waals surface area contributed by atoms with Crippen molar-refractivity contribution in [2.24, 2.45) is 11.0 Å². The van der Waals surface area contributed by atoms with Gasteiger partial charge in [0.15, 0.2) is 0 Å². The van der Waals surface area contributed by atoms with Crippen LogP contribution in [0.25, 0.3) is 0 Å². The molecule has 2 N–H and O–H groups in total. The van der Waals surface area contributed by atoms with Gasteiger partial charge in [-0.25, -0.2) is 5.43 Å². The molecular formula is C20H25N3O4. The second-order valence-corrected chi connectivity index (χ2v) is 7.33. The summed E-state index contributed by atoms with van der Waals surface area (Å²) in [6.45, 7) is 5.21. The zero-order valence-electron chi connectivity index (χ0n) is 15.8. The number of benzene rings is 1. The van der Waals surface area contributed by atoms with E-state index in [0.29, 0.717) is 12.1 Å². The number of rotatable bonds is 5. The highest BCUT2D eigenvalue weighted by atomic mass is 16.5. The van der Waals surface area contributed by atoms with Gasteiger partial charge in [-0.1, -0.05) is 30.3 Å². The Morgan fingerprint density at radius 2 is 2.07 bits per heavy atom. The lowest BCUT2D eigenvalue weighted by Gasteiger charge is -2.39. The van der Waals surface area contributed by atoms with Gasteiger partial charge in [-0.05, 0) is 32.8 Å². The SMILES string of the molecule is CC(C)OC(=O)C1C(=NNC(=O)CC#N)CC(C)(O)CC1c1ccccc1. The largest absolute Gasteiger partial charge is 0.462 e. The van der Waals surface area contributed by atoms with Crippen molar-refractivity contribution in [2.75, 3.05) is 0 Å². The Morgan fingerprint density at radius 1 is 1.41 bits per heavy atom. The van der Waals surface area contributed by atoms with Gasteiger partial charge in [0.25, 0.3) is 5.91 Å². The van der Waals surface area contributed by atoms with Crippen molar-refractivity contribution in [3.8, 4) is 6.07 Å². The molecule has 1 aliphatic carbocycles. The summed E-state index contributed by atoms with van der Waals surface area (Å²) in [4.78, 5) is 24.5. The van der Waals surface area contributed by atoms with Gasteiger partial charge in [0.1, 0.15) is 12.3 Å². The number of amides is 1. The molecule has 0 radical (unpaired) electrons. The number of aliphatic hydroxyl groups is 1. The molecule has 1 amide bonds. The molecule has 0 spiro atoms. The van der Waals surface area contributed by atoms with E-state index in [2.05, 4.69) is 10.5 Å². The molecule has 1 aromatic carbocycles. The summed E-state index contributed by atoms with van der Waals surface area (Å²) in [5, 5.41) is 23.4. The normalized spacial score (nSPS) is 26.4. The van der Waals surface area contributed by atoms with Crippen LogP contribution in [0.4, 0.5) is 0 Å². The fraction of sp³-hybridized carbons (Fsp3) is 0.500. The van der Waals surface area contributed by atoms with Crippen LogP contribution in [-0.2, 0) is 14.3 Å². The average molecular weight is 371 g/mol. The summed E-state index contributed by atoms with van der Waals surface area (Å²) >= 11 is 0. The molecule has 1 fully saturated rings. The first-order valence-electron chi connectivity index (χ1n) is 8.93. The molecular weight excluding hydrogens is 346 g/mol. The van der Waals surface area contributed by atoms with Gasteiger partial charge in [-0.3, -0.25) is 9.59 Å². The molecule has 0 saturated heterocycles. The highest BCUT2D eigenvalue weighted by molar-refractivity contribution is 6.04. The van der Waals surface area contributed by atoms with E-state index in [1.165, 1.54) is 0 Å². The minimum Gasteiger partial charge on any atom is -0.462 e. The van der Waals surface area contributed by atoms with Crippen LogP contribution in [0.3, 0.4) is 0 Å². The Balaban J connectivity index is 2.43. The van der Waals surface area contributed by atoms with Crippen molar-refractivity contribution in [1.82, 2.24) is 5.43 Å². The predicted octanol–water partition coefficient (Wildman–Crippen LogP) is 2.27. The standard InChI is InChI=1S/C20H25N3O4/c1-13(2)27-19(25)18-15(14-7-5-4-6-8-14)11-20(3,26)12-16(18)22-23-17(24)9-10-21/h4-8,13,15,18,26H,9,11-12H2,1-3H3,(H,23,24). The van der Waals surface area contributed by atoms with Gasteiger partial charge in [-0.15, -0.1) is 0 Å². The van der Waals surface area contributed by atoms with Crippen molar-refractivity contribution in [1.29, 1.82) is 5.26 Å². The zero-order valence-corrected chi connectivity index (χ0v) is 15.8. The number of nitriles is 1. The minimum atomic E-state index is -1.09. The lowest BCUT2D eigenvalue weighted by molar-refractivity contribution is -0.151.